The fraction of sp³-hybridized carbons (Fsp3) is 0.625. The summed E-state index contributed by atoms with van der Waals surface area (Å²) in [7, 11) is -1.92. The van der Waals surface area contributed by atoms with E-state index in [2.05, 4.69) is 10.7 Å². The zero-order valence-electron chi connectivity index (χ0n) is 7.45. The molecule has 0 rings (SSSR count). The lowest BCUT2D eigenvalue weighted by atomic mass is 10.3. The Labute approximate surface area is 78.2 Å². The number of carbonyl (C=O) groups is 1. The van der Waals surface area contributed by atoms with Gasteiger partial charge < -0.3 is 4.74 Å². The van der Waals surface area contributed by atoms with Crippen LogP contribution in [0.15, 0.2) is 0 Å². The van der Waals surface area contributed by atoms with Crippen molar-refractivity contribution in [3.05, 3.63) is 0 Å². The predicted octanol–water partition coefficient (Wildman–Crippen LogP) is -0.0124. The Hall–Kier alpha value is -1.02. The van der Waals surface area contributed by atoms with Gasteiger partial charge in [-0.05, 0) is 6.42 Å². The second-order valence-corrected chi connectivity index (χ2v) is 4.66. The minimum absolute atomic E-state index is 0.0632. The third kappa shape index (κ3) is 6.17. The van der Waals surface area contributed by atoms with Crippen molar-refractivity contribution in [3.8, 4) is 12.3 Å². The maximum Gasteiger partial charge on any atom is 0.305 e. The SMILES string of the molecule is C#CCS(=O)(=O)CCCC(=O)OC. The molecule has 0 unspecified atom stereocenters. The molecule has 0 aliphatic carbocycles. The van der Waals surface area contributed by atoms with Gasteiger partial charge in [0.15, 0.2) is 9.84 Å². The molecule has 0 N–H and O–H groups in total. The summed E-state index contributed by atoms with van der Waals surface area (Å²) in [5.74, 6) is 1.32. The van der Waals surface area contributed by atoms with Crippen LogP contribution >= 0.6 is 0 Å². The molecule has 0 bridgehead atoms. The van der Waals surface area contributed by atoms with E-state index in [9.17, 15) is 13.2 Å². The minimum Gasteiger partial charge on any atom is -0.469 e. The van der Waals surface area contributed by atoms with E-state index in [0.717, 1.165) is 0 Å². The van der Waals surface area contributed by atoms with Crippen molar-refractivity contribution >= 4 is 15.8 Å². The van der Waals surface area contributed by atoms with Crippen molar-refractivity contribution in [3.63, 3.8) is 0 Å². The number of ether oxygens (including phenoxy) is 1. The first-order chi connectivity index (χ1) is 6.02. The molecular weight excluding hydrogens is 192 g/mol. The first-order valence-corrected chi connectivity index (χ1v) is 5.54. The van der Waals surface area contributed by atoms with E-state index in [0.29, 0.717) is 0 Å². The van der Waals surface area contributed by atoms with E-state index in [1.54, 1.807) is 0 Å². The largest absolute Gasteiger partial charge is 0.469 e. The average molecular weight is 204 g/mol. The van der Waals surface area contributed by atoms with Crippen LogP contribution in [0.3, 0.4) is 0 Å². The van der Waals surface area contributed by atoms with Gasteiger partial charge in [-0.25, -0.2) is 8.42 Å². The molecule has 0 spiro atoms. The molecule has 5 heteroatoms. The van der Waals surface area contributed by atoms with E-state index in [4.69, 9.17) is 6.42 Å². The highest BCUT2D eigenvalue weighted by molar-refractivity contribution is 7.91. The van der Waals surface area contributed by atoms with Crippen LogP contribution in [-0.4, -0.2) is 33.0 Å². The van der Waals surface area contributed by atoms with Crippen molar-refractivity contribution in [1.29, 1.82) is 0 Å². The van der Waals surface area contributed by atoms with E-state index in [1.807, 2.05) is 0 Å². The van der Waals surface area contributed by atoms with Crippen LogP contribution in [0.4, 0.5) is 0 Å². The Morgan fingerprint density at radius 1 is 1.54 bits per heavy atom. The predicted molar refractivity (Wildman–Crippen MR) is 48.7 cm³/mol. The maximum absolute atomic E-state index is 11.0. The van der Waals surface area contributed by atoms with Crippen LogP contribution in [0, 0.1) is 12.3 Å². The summed E-state index contributed by atoms with van der Waals surface area (Å²) in [4.78, 5) is 10.6. The van der Waals surface area contributed by atoms with E-state index < -0.39 is 15.8 Å². The van der Waals surface area contributed by atoms with Gasteiger partial charge in [0.25, 0.3) is 0 Å². The maximum atomic E-state index is 11.0. The van der Waals surface area contributed by atoms with Crippen molar-refractivity contribution in [2.45, 2.75) is 12.8 Å². The van der Waals surface area contributed by atoms with Gasteiger partial charge in [-0.15, -0.1) is 6.42 Å². The van der Waals surface area contributed by atoms with Crippen LogP contribution in [0.5, 0.6) is 0 Å². The molecule has 0 amide bonds. The van der Waals surface area contributed by atoms with Crippen molar-refractivity contribution in [2.75, 3.05) is 18.6 Å². The van der Waals surface area contributed by atoms with E-state index >= 15 is 0 Å². The van der Waals surface area contributed by atoms with Gasteiger partial charge in [0.2, 0.25) is 0 Å². The summed E-state index contributed by atoms with van der Waals surface area (Å²) in [5, 5.41) is 0. The highest BCUT2D eigenvalue weighted by Gasteiger charge is 2.09. The molecule has 0 heterocycles. The number of rotatable bonds is 5. The number of hydrogen-bond donors (Lipinski definition) is 0. The standard InChI is InChI=1S/C8H12O4S/c1-3-6-13(10,11)7-4-5-8(9)12-2/h1H,4-7H2,2H3. The van der Waals surface area contributed by atoms with Crippen LogP contribution in [0.1, 0.15) is 12.8 Å². The van der Waals surface area contributed by atoms with Gasteiger partial charge in [0.1, 0.15) is 5.75 Å². The van der Waals surface area contributed by atoms with E-state index in [-0.39, 0.29) is 24.3 Å². The lowest BCUT2D eigenvalue weighted by molar-refractivity contribution is -0.140. The second kappa shape index (κ2) is 5.60. The molecular formula is C8H12O4S. The highest BCUT2D eigenvalue weighted by atomic mass is 32.2. The summed E-state index contributed by atoms with van der Waals surface area (Å²) in [6, 6.07) is 0. The fourth-order valence-corrected chi connectivity index (χ4v) is 1.72. The molecule has 0 aliphatic heterocycles. The quantitative estimate of drug-likeness (QED) is 0.466. The third-order valence-electron chi connectivity index (χ3n) is 1.37. The monoisotopic (exact) mass is 204 g/mol. The average Bonchev–Trinajstić information content (AvgIpc) is 2.03. The van der Waals surface area contributed by atoms with Gasteiger partial charge in [0.05, 0.1) is 12.9 Å². The molecule has 0 saturated heterocycles. The summed E-state index contributed by atoms with van der Waals surface area (Å²) in [5.41, 5.74) is 0. The summed E-state index contributed by atoms with van der Waals surface area (Å²) in [6.45, 7) is 0. The molecule has 0 aliphatic rings. The second-order valence-electron chi connectivity index (χ2n) is 2.48. The van der Waals surface area contributed by atoms with Crippen LogP contribution in [0.25, 0.3) is 0 Å². The van der Waals surface area contributed by atoms with Gasteiger partial charge in [0, 0.05) is 6.42 Å². The van der Waals surface area contributed by atoms with Crippen molar-refractivity contribution in [2.24, 2.45) is 0 Å². The summed E-state index contributed by atoms with van der Waals surface area (Å²) < 4.78 is 26.4. The Kier molecular flexibility index (Phi) is 5.16. The van der Waals surface area contributed by atoms with Crippen molar-refractivity contribution < 1.29 is 17.9 Å². The molecule has 4 nitrogen and oxygen atoms in total. The highest BCUT2D eigenvalue weighted by Crippen LogP contribution is 1.98. The molecule has 74 valence electrons. The summed E-state index contributed by atoms with van der Waals surface area (Å²) >= 11 is 0. The Bertz CT molecular complexity index is 297. The molecule has 0 saturated carbocycles. The number of carbonyl (C=O) groups excluding carboxylic acids is 1. The first-order valence-electron chi connectivity index (χ1n) is 3.72. The van der Waals surface area contributed by atoms with Crippen LogP contribution in [0.2, 0.25) is 0 Å². The lowest BCUT2D eigenvalue weighted by Crippen LogP contribution is -2.11. The smallest absolute Gasteiger partial charge is 0.305 e. The van der Waals surface area contributed by atoms with Gasteiger partial charge in [-0.3, -0.25) is 4.79 Å². The molecule has 0 atom stereocenters. The number of methoxy groups -OCH3 is 1. The zero-order chi connectivity index (χ0) is 10.3. The number of sulfone groups is 1. The topological polar surface area (TPSA) is 60.4 Å². The van der Waals surface area contributed by atoms with Gasteiger partial charge in [-0.1, -0.05) is 5.92 Å². The molecule has 0 aromatic heterocycles. The minimum atomic E-state index is -3.18. The van der Waals surface area contributed by atoms with Crippen LogP contribution < -0.4 is 0 Å². The molecule has 0 aromatic rings. The Morgan fingerprint density at radius 2 is 2.15 bits per heavy atom. The number of esters is 1. The molecule has 0 radical (unpaired) electrons. The molecule has 13 heavy (non-hydrogen) atoms. The Morgan fingerprint density at radius 3 is 2.62 bits per heavy atom. The molecule has 0 fully saturated rings. The zero-order valence-corrected chi connectivity index (χ0v) is 8.26. The third-order valence-corrected chi connectivity index (χ3v) is 2.88. The van der Waals surface area contributed by atoms with Gasteiger partial charge >= 0.3 is 5.97 Å². The molecule has 0 aromatic carbocycles. The lowest BCUT2D eigenvalue weighted by Gasteiger charge is -1.99. The van der Waals surface area contributed by atoms with E-state index in [1.165, 1.54) is 7.11 Å². The van der Waals surface area contributed by atoms with Gasteiger partial charge in [-0.2, -0.15) is 0 Å². The Balaban J connectivity index is 3.78. The first kappa shape index (κ1) is 12.0. The normalized spacial score (nSPS) is 10.5. The summed E-state index contributed by atoms with van der Waals surface area (Å²) in [6.07, 6.45) is 5.22. The van der Waals surface area contributed by atoms with Crippen LogP contribution in [-0.2, 0) is 19.4 Å². The number of terminal acetylenes is 1. The number of hydrogen-bond acceptors (Lipinski definition) is 4. The van der Waals surface area contributed by atoms with Crippen molar-refractivity contribution in [1.82, 2.24) is 0 Å². The fourth-order valence-electron chi connectivity index (χ4n) is 0.738.